The molecule has 0 radical (unpaired) electrons. The third-order valence-electron chi connectivity index (χ3n) is 8.98. The highest BCUT2D eigenvalue weighted by atomic mass is 32.2. The van der Waals surface area contributed by atoms with Crippen molar-refractivity contribution in [3.63, 3.8) is 0 Å². The van der Waals surface area contributed by atoms with Crippen LogP contribution in [0.2, 0.25) is 0 Å². The maximum atomic E-state index is 13.5. The van der Waals surface area contributed by atoms with E-state index in [1.165, 1.54) is 46.8 Å². The van der Waals surface area contributed by atoms with Gasteiger partial charge in [-0.3, -0.25) is 15.0 Å². The largest absolute Gasteiger partial charge is 0.489 e. The number of nitrogens with zero attached hydrogens (tertiary/aromatic N) is 1. The Morgan fingerprint density at radius 1 is 0.974 bits per heavy atom. The zero-order valence-electron chi connectivity index (χ0n) is 21.6. The molecule has 0 atom stereocenters. The second-order valence-corrected chi connectivity index (χ2v) is 13.3. The Labute approximate surface area is 237 Å². The topological polar surface area (TPSA) is 58.6 Å². The predicted molar refractivity (Wildman–Crippen MR) is 158 cm³/mol. The number of carbonyl (C=O) groups excluding carboxylic acids is 2. The van der Waals surface area contributed by atoms with E-state index in [0.717, 1.165) is 36.1 Å². The van der Waals surface area contributed by atoms with Crippen LogP contribution in [-0.4, -0.2) is 21.1 Å². The van der Waals surface area contributed by atoms with Gasteiger partial charge in [-0.1, -0.05) is 66.4 Å². The van der Waals surface area contributed by atoms with Gasteiger partial charge in [-0.15, -0.1) is 0 Å². The summed E-state index contributed by atoms with van der Waals surface area (Å²) in [5.41, 5.74) is 4.61. The Hall–Kier alpha value is -3.16. The molecule has 8 rings (SSSR count). The Morgan fingerprint density at radius 2 is 1.64 bits per heavy atom. The molecule has 4 aliphatic carbocycles. The normalized spacial score (nSPS) is 28.5. The maximum absolute atomic E-state index is 13.5. The molecule has 0 unspecified atom stereocenters. The number of amides is 2. The number of nitrogens with one attached hydrogen (secondary N) is 1. The Morgan fingerprint density at radius 3 is 2.36 bits per heavy atom. The average Bonchev–Trinajstić information content (AvgIpc) is 3.19. The summed E-state index contributed by atoms with van der Waals surface area (Å²) in [7, 11) is 0. The summed E-state index contributed by atoms with van der Waals surface area (Å²) < 4.78 is 6.43. The number of benzene rings is 3. The van der Waals surface area contributed by atoms with Crippen molar-refractivity contribution < 1.29 is 14.3 Å². The maximum Gasteiger partial charge on any atom is 0.285 e. The molecule has 0 spiro atoms. The lowest BCUT2D eigenvalue weighted by Gasteiger charge is -2.55. The number of ether oxygens (including phenoxy) is 1. The molecule has 1 saturated heterocycles. The van der Waals surface area contributed by atoms with Gasteiger partial charge < -0.3 is 4.74 Å². The van der Waals surface area contributed by atoms with E-state index in [1.807, 2.05) is 48.5 Å². The molecular formula is C32H30N2O3S2. The molecule has 5 aliphatic rings. The Kier molecular flexibility index (Phi) is 6.24. The molecule has 7 heteroatoms. The zero-order valence-corrected chi connectivity index (χ0v) is 23.2. The van der Waals surface area contributed by atoms with Crippen molar-refractivity contribution in [2.45, 2.75) is 45.1 Å². The van der Waals surface area contributed by atoms with Crippen LogP contribution >= 0.6 is 24.0 Å². The molecule has 5 fully saturated rings. The molecular weight excluding hydrogens is 524 g/mol. The van der Waals surface area contributed by atoms with Crippen LogP contribution in [0.4, 0.5) is 0 Å². The summed E-state index contributed by atoms with van der Waals surface area (Å²) in [5.74, 6) is 2.45. The number of hydrogen-bond acceptors (Lipinski definition) is 5. The summed E-state index contributed by atoms with van der Waals surface area (Å²) in [6.07, 6.45) is 8.47. The van der Waals surface area contributed by atoms with E-state index in [1.54, 1.807) is 0 Å². The fourth-order valence-electron chi connectivity index (χ4n) is 7.56. The number of hydrogen-bond donors (Lipinski definition) is 1. The van der Waals surface area contributed by atoms with Crippen LogP contribution in [0.25, 0.3) is 16.8 Å². The number of rotatable bonds is 6. The summed E-state index contributed by atoms with van der Waals surface area (Å²) in [5, 5.41) is 3.67. The number of hydrazine groups is 1. The fourth-order valence-corrected chi connectivity index (χ4v) is 8.74. The number of thioether (sulfide) groups is 1. The zero-order chi connectivity index (χ0) is 26.6. The summed E-state index contributed by atoms with van der Waals surface area (Å²) in [6, 6.07) is 22.2. The highest BCUT2D eigenvalue weighted by Gasteiger charge is 2.55. The van der Waals surface area contributed by atoms with E-state index in [2.05, 4.69) is 29.7 Å². The van der Waals surface area contributed by atoms with Crippen LogP contribution in [0.5, 0.6) is 5.75 Å². The standard InChI is InChI=1S/C32H30N2O3S2/c35-29-28(39-31(38)34(29)33-30(36)32-16-21-12-22(17-32)14-23(13-21)18-32)15-20-8-10-26(11-9-20)37-19-25-6-3-5-24-4-1-2-7-27(24)25/h1-11,15,21-23H,12-14,16-19H2,(H,33,36)/b28-15+. The van der Waals surface area contributed by atoms with Crippen LogP contribution < -0.4 is 10.2 Å². The fraction of sp³-hybridized carbons (Fsp3) is 0.344. The van der Waals surface area contributed by atoms with Crippen LogP contribution in [0.15, 0.2) is 71.6 Å². The van der Waals surface area contributed by atoms with Crippen molar-refractivity contribution in [1.82, 2.24) is 10.4 Å². The first-order chi connectivity index (χ1) is 19.0. The Bertz CT molecular complexity index is 1470. The van der Waals surface area contributed by atoms with Crippen molar-refractivity contribution >= 4 is 57.0 Å². The molecule has 2 amide bonds. The van der Waals surface area contributed by atoms with Crippen molar-refractivity contribution in [2.75, 3.05) is 0 Å². The first-order valence-corrected chi connectivity index (χ1v) is 15.0. The van der Waals surface area contributed by atoms with Gasteiger partial charge in [0.1, 0.15) is 12.4 Å². The van der Waals surface area contributed by atoms with Crippen molar-refractivity contribution in [1.29, 1.82) is 0 Å². The van der Waals surface area contributed by atoms with Crippen LogP contribution in [0, 0.1) is 23.2 Å². The minimum absolute atomic E-state index is 0.0214. The monoisotopic (exact) mass is 554 g/mol. The first-order valence-electron chi connectivity index (χ1n) is 13.7. The highest BCUT2D eigenvalue weighted by Crippen LogP contribution is 2.60. The van der Waals surface area contributed by atoms with E-state index < -0.39 is 0 Å². The molecule has 3 aromatic carbocycles. The smallest absolute Gasteiger partial charge is 0.285 e. The molecule has 3 aromatic rings. The van der Waals surface area contributed by atoms with Gasteiger partial charge in [-0.2, -0.15) is 5.01 Å². The lowest BCUT2D eigenvalue weighted by molar-refractivity contribution is -0.152. The molecule has 39 heavy (non-hydrogen) atoms. The molecule has 5 nitrogen and oxygen atoms in total. The number of carbonyl (C=O) groups is 2. The lowest BCUT2D eigenvalue weighted by Crippen LogP contribution is -2.57. The third-order valence-corrected chi connectivity index (χ3v) is 10.3. The molecule has 4 saturated carbocycles. The quantitative estimate of drug-likeness (QED) is 0.266. The van der Waals surface area contributed by atoms with Gasteiger partial charge >= 0.3 is 0 Å². The van der Waals surface area contributed by atoms with E-state index in [-0.39, 0.29) is 17.2 Å². The SMILES string of the molecule is O=C1/C(=C\c2ccc(OCc3cccc4ccccc34)cc2)SC(=S)N1NC(=O)C12CC3CC(CC(C3)C1)C2. The summed E-state index contributed by atoms with van der Waals surface area (Å²) in [6.45, 7) is 0.475. The van der Waals surface area contributed by atoms with Gasteiger partial charge in [0, 0.05) is 0 Å². The van der Waals surface area contributed by atoms with Gasteiger partial charge in [0.05, 0.1) is 10.3 Å². The molecule has 1 aliphatic heterocycles. The van der Waals surface area contributed by atoms with Gasteiger partial charge in [0.15, 0.2) is 4.32 Å². The van der Waals surface area contributed by atoms with Crippen LogP contribution in [-0.2, 0) is 16.2 Å². The van der Waals surface area contributed by atoms with E-state index in [9.17, 15) is 9.59 Å². The van der Waals surface area contributed by atoms with E-state index >= 15 is 0 Å². The molecule has 0 aromatic heterocycles. The highest BCUT2D eigenvalue weighted by molar-refractivity contribution is 8.26. The second-order valence-electron chi connectivity index (χ2n) is 11.7. The van der Waals surface area contributed by atoms with E-state index in [4.69, 9.17) is 17.0 Å². The number of thiocarbonyl (C=S) groups is 1. The molecule has 1 N–H and O–H groups in total. The van der Waals surface area contributed by atoms with Gasteiger partial charge in [-0.25, -0.2) is 0 Å². The van der Waals surface area contributed by atoms with Gasteiger partial charge in [-0.05, 0) is 109 Å². The number of fused-ring (bicyclic) bond motifs is 1. The lowest BCUT2D eigenvalue weighted by atomic mass is 9.49. The van der Waals surface area contributed by atoms with Crippen LogP contribution in [0.3, 0.4) is 0 Å². The van der Waals surface area contributed by atoms with Crippen molar-refractivity contribution in [3.05, 3.63) is 82.8 Å². The Balaban J connectivity index is 1.01. The molecule has 198 valence electrons. The molecule has 1 heterocycles. The minimum atomic E-state index is -0.330. The summed E-state index contributed by atoms with van der Waals surface area (Å²) in [4.78, 5) is 27.2. The molecule has 4 bridgehead atoms. The van der Waals surface area contributed by atoms with Crippen molar-refractivity contribution in [2.24, 2.45) is 23.2 Å². The van der Waals surface area contributed by atoms with E-state index in [0.29, 0.717) is 33.6 Å². The van der Waals surface area contributed by atoms with Crippen molar-refractivity contribution in [3.8, 4) is 5.75 Å². The average molecular weight is 555 g/mol. The van der Waals surface area contributed by atoms with Gasteiger partial charge in [0.2, 0.25) is 5.91 Å². The van der Waals surface area contributed by atoms with Gasteiger partial charge in [0.25, 0.3) is 5.91 Å². The minimum Gasteiger partial charge on any atom is -0.489 e. The van der Waals surface area contributed by atoms with Crippen LogP contribution in [0.1, 0.15) is 49.7 Å². The third kappa shape index (κ3) is 4.66. The summed E-state index contributed by atoms with van der Waals surface area (Å²) >= 11 is 6.73. The second kappa shape index (κ2) is 9.79. The first kappa shape index (κ1) is 24.9. The predicted octanol–water partition coefficient (Wildman–Crippen LogP) is 6.87.